The molecule has 1 unspecified atom stereocenters. The molecule has 0 bridgehead atoms. The first-order valence-corrected chi connectivity index (χ1v) is 8.82. The molecule has 3 rings (SSSR count). The van der Waals surface area contributed by atoms with E-state index in [0.717, 1.165) is 12.1 Å². The van der Waals surface area contributed by atoms with Gasteiger partial charge < -0.3 is 14.4 Å². The van der Waals surface area contributed by atoms with Gasteiger partial charge in [-0.25, -0.2) is 4.79 Å². The van der Waals surface area contributed by atoms with Crippen LogP contribution in [0.4, 0.5) is 5.69 Å². The highest BCUT2D eigenvalue weighted by atomic mass is 35.5. The van der Waals surface area contributed by atoms with Crippen molar-refractivity contribution in [1.29, 1.82) is 0 Å². The minimum Gasteiger partial charge on any atom is -0.493 e. The predicted octanol–water partition coefficient (Wildman–Crippen LogP) is 3.95. The molecular formula is C20H20ClNO4. The number of carbonyl (C=O) groups excluding carboxylic acids is 2. The van der Waals surface area contributed by atoms with Crippen LogP contribution < -0.4 is 9.64 Å². The minimum atomic E-state index is -0.425. The Hall–Kier alpha value is -2.53. The predicted molar refractivity (Wildman–Crippen MR) is 99.8 cm³/mol. The second-order valence-electron chi connectivity index (χ2n) is 6.18. The first kappa shape index (κ1) is 18.3. The highest BCUT2D eigenvalue weighted by Crippen LogP contribution is 2.28. The molecule has 0 spiro atoms. The highest BCUT2D eigenvalue weighted by Gasteiger charge is 2.30. The van der Waals surface area contributed by atoms with Crippen molar-refractivity contribution in [2.24, 2.45) is 5.92 Å². The number of methoxy groups -OCH3 is 1. The molecule has 136 valence electrons. The summed E-state index contributed by atoms with van der Waals surface area (Å²) in [5.74, 6) is 0.388. The maximum Gasteiger partial charge on any atom is 0.341 e. The molecule has 0 saturated carbocycles. The Labute approximate surface area is 157 Å². The van der Waals surface area contributed by atoms with Crippen LogP contribution in [0, 0.1) is 5.92 Å². The summed E-state index contributed by atoms with van der Waals surface area (Å²) in [6.45, 7) is 1.09. The number of ether oxygens (including phenoxy) is 2. The summed E-state index contributed by atoms with van der Waals surface area (Å²) in [7, 11) is 1.34. The van der Waals surface area contributed by atoms with E-state index >= 15 is 0 Å². The largest absolute Gasteiger partial charge is 0.493 e. The SMILES string of the molecule is COC(=O)c1ccccc1OCCC1CC(=O)N(c2ccc(Cl)cc2)C1. The lowest BCUT2D eigenvalue weighted by Gasteiger charge is -2.17. The average Bonchev–Trinajstić information content (AvgIpc) is 3.02. The fourth-order valence-corrected chi connectivity index (χ4v) is 3.18. The number of rotatable bonds is 6. The van der Waals surface area contributed by atoms with Crippen molar-refractivity contribution in [3.8, 4) is 5.75 Å². The van der Waals surface area contributed by atoms with Gasteiger partial charge in [0, 0.05) is 23.7 Å². The van der Waals surface area contributed by atoms with E-state index < -0.39 is 5.97 Å². The number of hydrogen-bond donors (Lipinski definition) is 0. The molecule has 0 aromatic heterocycles. The molecule has 1 saturated heterocycles. The highest BCUT2D eigenvalue weighted by molar-refractivity contribution is 6.30. The molecule has 1 amide bonds. The zero-order valence-electron chi connectivity index (χ0n) is 14.5. The quantitative estimate of drug-likeness (QED) is 0.719. The summed E-state index contributed by atoms with van der Waals surface area (Å²) >= 11 is 5.90. The number of esters is 1. The topological polar surface area (TPSA) is 55.8 Å². The van der Waals surface area contributed by atoms with E-state index in [-0.39, 0.29) is 11.8 Å². The van der Waals surface area contributed by atoms with E-state index in [4.69, 9.17) is 21.1 Å². The maximum atomic E-state index is 12.3. The Bertz CT molecular complexity index is 791. The van der Waals surface area contributed by atoms with Crippen molar-refractivity contribution in [3.63, 3.8) is 0 Å². The molecular weight excluding hydrogens is 354 g/mol. The van der Waals surface area contributed by atoms with Gasteiger partial charge in [-0.1, -0.05) is 23.7 Å². The molecule has 1 fully saturated rings. The van der Waals surface area contributed by atoms with Crippen LogP contribution in [0.1, 0.15) is 23.2 Å². The Kier molecular flexibility index (Phi) is 5.78. The van der Waals surface area contributed by atoms with Crippen molar-refractivity contribution in [2.75, 3.05) is 25.2 Å². The van der Waals surface area contributed by atoms with E-state index in [1.807, 2.05) is 18.2 Å². The molecule has 26 heavy (non-hydrogen) atoms. The number of benzene rings is 2. The second-order valence-corrected chi connectivity index (χ2v) is 6.61. The Morgan fingerprint density at radius 2 is 1.92 bits per heavy atom. The van der Waals surface area contributed by atoms with Gasteiger partial charge in [-0.05, 0) is 48.7 Å². The van der Waals surface area contributed by atoms with Crippen molar-refractivity contribution in [3.05, 3.63) is 59.1 Å². The molecule has 5 nitrogen and oxygen atoms in total. The summed E-state index contributed by atoms with van der Waals surface area (Å²) in [5.41, 5.74) is 1.26. The van der Waals surface area contributed by atoms with Gasteiger partial charge in [0.25, 0.3) is 0 Å². The molecule has 6 heteroatoms. The van der Waals surface area contributed by atoms with Gasteiger partial charge in [-0.3, -0.25) is 4.79 Å². The Morgan fingerprint density at radius 3 is 2.65 bits per heavy atom. The van der Waals surface area contributed by atoms with Crippen molar-refractivity contribution in [1.82, 2.24) is 0 Å². The van der Waals surface area contributed by atoms with Gasteiger partial charge in [-0.15, -0.1) is 0 Å². The van der Waals surface area contributed by atoms with Crippen LogP contribution in [-0.4, -0.2) is 32.1 Å². The molecule has 1 heterocycles. The third-order valence-electron chi connectivity index (χ3n) is 4.42. The summed E-state index contributed by atoms with van der Waals surface area (Å²) in [6, 6.07) is 14.3. The fourth-order valence-electron chi connectivity index (χ4n) is 3.05. The van der Waals surface area contributed by atoms with Gasteiger partial charge in [-0.2, -0.15) is 0 Å². The molecule has 2 aromatic carbocycles. The van der Waals surface area contributed by atoms with Gasteiger partial charge in [0.2, 0.25) is 5.91 Å². The summed E-state index contributed by atoms with van der Waals surface area (Å²) in [6.07, 6.45) is 1.22. The van der Waals surface area contributed by atoms with E-state index in [1.54, 1.807) is 35.2 Å². The number of para-hydroxylation sites is 1. The summed E-state index contributed by atoms with van der Waals surface area (Å²) in [5, 5.41) is 0.648. The second kappa shape index (κ2) is 8.23. The number of anilines is 1. The smallest absolute Gasteiger partial charge is 0.341 e. The van der Waals surface area contributed by atoms with Gasteiger partial charge >= 0.3 is 5.97 Å². The lowest BCUT2D eigenvalue weighted by atomic mass is 10.1. The molecule has 0 radical (unpaired) electrons. The maximum absolute atomic E-state index is 12.3. The van der Waals surface area contributed by atoms with Gasteiger partial charge in [0.05, 0.1) is 13.7 Å². The summed E-state index contributed by atoms with van der Waals surface area (Å²) in [4.78, 5) is 25.8. The standard InChI is InChI=1S/C20H20ClNO4/c1-25-20(24)17-4-2-3-5-18(17)26-11-10-14-12-19(23)22(13-14)16-8-6-15(21)7-9-16/h2-9,14H,10-13H2,1H3. The van der Waals surface area contributed by atoms with Crippen LogP contribution in [0.5, 0.6) is 5.75 Å². The number of hydrogen-bond acceptors (Lipinski definition) is 4. The average molecular weight is 374 g/mol. The molecule has 0 aliphatic carbocycles. The van der Waals surface area contributed by atoms with Crippen molar-refractivity contribution in [2.45, 2.75) is 12.8 Å². The van der Waals surface area contributed by atoms with Gasteiger partial charge in [0.15, 0.2) is 0 Å². The van der Waals surface area contributed by atoms with Crippen LogP contribution in [-0.2, 0) is 9.53 Å². The van der Waals surface area contributed by atoms with Crippen LogP contribution in [0.3, 0.4) is 0 Å². The molecule has 1 aliphatic heterocycles. The van der Waals surface area contributed by atoms with E-state index in [0.29, 0.717) is 35.9 Å². The number of carbonyl (C=O) groups is 2. The van der Waals surface area contributed by atoms with Crippen LogP contribution >= 0.6 is 11.6 Å². The molecule has 0 N–H and O–H groups in total. The first-order chi connectivity index (χ1) is 12.6. The molecule has 2 aromatic rings. The Balaban J connectivity index is 1.56. The number of halogens is 1. The summed E-state index contributed by atoms with van der Waals surface area (Å²) < 4.78 is 10.5. The van der Waals surface area contributed by atoms with Crippen molar-refractivity contribution < 1.29 is 19.1 Å². The molecule has 1 aliphatic rings. The zero-order chi connectivity index (χ0) is 18.5. The lowest BCUT2D eigenvalue weighted by Crippen LogP contribution is -2.24. The van der Waals surface area contributed by atoms with E-state index in [9.17, 15) is 9.59 Å². The molecule has 1 atom stereocenters. The minimum absolute atomic E-state index is 0.104. The third kappa shape index (κ3) is 4.17. The van der Waals surface area contributed by atoms with Crippen molar-refractivity contribution >= 4 is 29.2 Å². The van der Waals surface area contributed by atoms with Gasteiger partial charge in [0.1, 0.15) is 11.3 Å². The number of amides is 1. The van der Waals surface area contributed by atoms with Crippen LogP contribution in [0.25, 0.3) is 0 Å². The monoisotopic (exact) mass is 373 g/mol. The zero-order valence-corrected chi connectivity index (χ0v) is 15.2. The third-order valence-corrected chi connectivity index (χ3v) is 4.67. The normalized spacial score (nSPS) is 16.6. The van der Waals surface area contributed by atoms with E-state index in [1.165, 1.54) is 7.11 Å². The van der Waals surface area contributed by atoms with Crippen LogP contribution in [0.15, 0.2) is 48.5 Å². The van der Waals surface area contributed by atoms with E-state index in [2.05, 4.69) is 0 Å². The Morgan fingerprint density at radius 1 is 1.19 bits per heavy atom. The lowest BCUT2D eigenvalue weighted by molar-refractivity contribution is -0.117. The fraction of sp³-hybridized carbons (Fsp3) is 0.300. The van der Waals surface area contributed by atoms with Crippen LogP contribution in [0.2, 0.25) is 5.02 Å². The first-order valence-electron chi connectivity index (χ1n) is 8.44. The number of nitrogens with zero attached hydrogens (tertiary/aromatic N) is 1.